The summed E-state index contributed by atoms with van der Waals surface area (Å²) in [4.78, 5) is 13.1. The van der Waals surface area contributed by atoms with Crippen LogP contribution in [-0.4, -0.2) is 51.3 Å². The van der Waals surface area contributed by atoms with Gasteiger partial charge in [0.2, 0.25) is 15.9 Å². The van der Waals surface area contributed by atoms with Crippen molar-refractivity contribution in [2.24, 2.45) is 5.14 Å². The summed E-state index contributed by atoms with van der Waals surface area (Å²) in [6.07, 6.45) is -0.0542. The molecule has 1 heterocycles. The lowest BCUT2D eigenvalue weighted by Crippen LogP contribution is -2.34. The lowest BCUT2D eigenvalue weighted by molar-refractivity contribution is -0.128. The van der Waals surface area contributed by atoms with E-state index in [1.54, 1.807) is 31.4 Å². The molecule has 2 rings (SSSR count). The van der Waals surface area contributed by atoms with Crippen LogP contribution in [0.25, 0.3) is 0 Å². The van der Waals surface area contributed by atoms with Crippen LogP contribution in [0, 0.1) is 0 Å². The summed E-state index contributed by atoms with van der Waals surface area (Å²) >= 11 is 0. The first-order valence-corrected chi connectivity index (χ1v) is 8.07. The predicted molar refractivity (Wildman–Crippen MR) is 76.6 cm³/mol. The van der Waals surface area contributed by atoms with Gasteiger partial charge >= 0.3 is 0 Å². The molecule has 2 N–H and O–H groups in total. The second-order valence-electron chi connectivity index (χ2n) is 4.78. The van der Waals surface area contributed by atoms with Gasteiger partial charge in [0.15, 0.2) is 0 Å². The molecule has 7 nitrogen and oxygen atoms in total. The van der Waals surface area contributed by atoms with E-state index < -0.39 is 15.3 Å². The summed E-state index contributed by atoms with van der Waals surface area (Å²) in [6.45, 7) is 0.746. The fourth-order valence-electron chi connectivity index (χ4n) is 2.12. The molecular formula is C13H18N2O5S. The van der Waals surface area contributed by atoms with Crippen LogP contribution in [0.15, 0.2) is 24.3 Å². The normalized spacial score (nSPS) is 18.9. The third-order valence-electron chi connectivity index (χ3n) is 3.33. The number of primary sulfonamides is 1. The van der Waals surface area contributed by atoms with E-state index in [9.17, 15) is 13.2 Å². The lowest BCUT2D eigenvalue weighted by Gasteiger charge is -2.16. The van der Waals surface area contributed by atoms with Gasteiger partial charge in [0.05, 0.1) is 13.7 Å². The van der Waals surface area contributed by atoms with Crippen LogP contribution in [0.2, 0.25) is 0 Å². The topological polar surface area (TPSA) is 98.9 Å². The van der Waals surface area contributed by atoms with Crippen molar-refractivity contribution in [2.75, 3.05) is 26.8 Å². The molecule has 1 fully saturated rings. The number of benzene rings is 1. The van der Waals surface area contributed by atoms with Gasteiger partial charge in [-0.3, -0.25) is 4.79 Å². The average molecular weight is 314 g/mol. The molecule has 0 saturated carbocycles. The molecule has 1 amide bonds. The largest absolute Gasteiger partial charge is 0.497 e. The van der Waals surface area contributed by atoms with Gasteiger partial charge in [-0.1, -0.05) is 0 Å². The Labute approximate surface area is 123 Å². The van der Waals surface area contributed by atoms with Gasteiger partial charge < -0.3 is 14.4 Å². The zero-order valence-corrected chi connectivity index (χ0v) is 12.5. The maximum atomic E-state index is 11.7. The number of likely N-dealkylation sites (tertiary alicyclic amines) is 1. The van der Waals surface area contributed by atoms with Crippen LogP contribution < -0.4 is 14.6 Å². The summed E-state index contributed by atoms with van der Waals surface area (Å²) in [5.74, 6) is 1.17. The van der Waals surface area contributed by atoms with Crippen molar-refractivity contribution in [3.05, 3.63) is 24.3 Å². The highest BCUT2D eigenvalue weighted by atomic mass is 32.2. The summed E-state index contributed by atoms with van der Waals surface area (Å²) < 4.78 is 33.0. The van der Waals surface area contributed by atoms with Crippen molar-refractivity contribution < 1.29 is 22.7 Å². The predicted octanol–water partition coefficient (Wildman–Crippen LogP) is -0.0366. The number of nitrogens with two attached hydrogens (primary N) is 1. The van der Waals surface area contributed by atoms with Crippen molar-refractivity contribution >= 4 is 15.9 Å². The van der Waals surface area contributed by atoms with Gasteiger partial charge in [-0.2, -0.15) is 0 Å². The summed E-state index contributed by atoms with van der Waals surface area (Å²) in [7, 11) is -2.09. The fourth-order valence-corrected chi connectivity index (χ4v) is 2.88. The number of carbonyl (C=O) groups is 1. The zero-order valence-electron chi connectivity index (χ0n) is 11.7. The fraction of sp³-hybridized carbons (Fsp3) is 0.462. The second-order valence-corrected chi connectivity index (χ2v) is 6.62. The van der Waals surface area contributed by atoms with E-state index in [1.165, 1.54) is 4.90 Å². The Morgan fingerprint density at radius 2 is 1.90 bits per heavy atom. The zero-order chi connectivity index (χ0) is 15.5. The number of amides is 1. The monoisotopic (exact) mass is 314 g/mol. The molecule has 0 aromatic heterocycles. The summed E-state index contributed by atoms with van der Waals surface area (Å²) in [6, 6.07) is 7.07. The molecule has 0 radical (unpaired) electrons. The van der Waals surface area contributed by atoms with E-state index in [0.29, 0.717) is 12.3 Å². The SMILES string of the molecule is COc1ccc(OCCN2CC(S(N)(=O)=O)CC2=O)cc1. The maximum absolute atomic E-state index is 11.7. The molecule has 1 aromatic rings. The standard InChI is InChI=1S/C13H18N2O5S/c1-19-10-2-4-11(5-3-10)20-7-6-15-9-12(8-13(15)16)21(14,17)18/h2-5,12H,6-9H2,1H3,(H2,14,17,18). The van der Waals surface area contributed by atoms with E-state index in [1.807, 2.05) is 0 Å². The molecule has 116 valence electrons. The van der Waals surface area contributed by atoms with Crippen LogP contribution in [0.4, 0.5) is 0 Å². The van der Waals surface area contributed by atoms with Gasteiger partial charge in [0, 0.05) is 13.0 Å². The summed E-state index contributed by atoms with van der Waals surface area (Å²) in [5.41, 5.74) is 0. The molecule has 1 atom stereocenters. The van der Waals surface area contributed by atoms with Crippen LogP contribution in [-0.2, 0) is 14.8 Å². The second kappa shape index (κ2) is 6.31. The quantitative estimate of drug-likeness (QED) is 0.794. The third-order valence-corrected chi connectivity index (χ3v) is 4.58. The highest BCUT2D eigenvalue weighted by Gasteiger charge is 2.36. The molecule has 0 bridgehead atoms. The van der Waals surface area contributed by atoms with Crippen molar-refractivity contribution in [3.8, 4) is 11.5 Å². The van der Waals surface area contributed by atoms with Crippen molar-refractivity contribution in [1.29, 1.82) is 0 Å². The van der Waals surface area contributed by atoms with Crippen LogP contribution in [0.5, 0.6) is 11.5 Å². The highest BCUT2D eigenvalue weighted by Crippen LogP contribution is 2.18. The van der Waals surface area contributed by atoms with E-state index in [0.717, 1.165) is 5.75 Å². The maximum Gasteiger partial charge on any atom is 0.224 e. The molecule has 0 aliphatic carbocycles. The third kappa shape index (κ3) is 4.08. The minimum atomic E-state index is -3.67. The Morgan fingerprint density at radius 3 is 2.43 bits per heavy atom. The first-order chi connectivity index (χ1) is 9.90. The van der Waals surface area contributed by atoms with Crippen molar-refractivity contribution in [3.63, 3.8) is 0 Å². The van der Waals surface area contributed by atoms with Crippen molar-refractivity contribution in [1.82, 2.24) is 4.90 Å². The van der Waals surface area contributed by atoms with Crippen LogP contribution in [0.1, 0.15) is 6.42 Å². The Balaban J connectivity index is 1.82. The molecular weight excluding hydrogens is 296 g/mol. The number of ether oxygens (including phenoxy) is 2. The smallest absolute Gasteiger partial charge is 0.224 e. The minimum absolute atomic E-state index is 0.0542. The van der Waals surface area contributed by atoms with Crippen LogP contribution in [0.3, 0.4) is 0 Å². The number of hydrogen-bond donors (Lipinski definition) is 1. The van der Waals surface area contributed by atoms with Gasteiger partial charge in [-0.05, 0) is 24.3 Å². The lowest BCUT2D eigenvalue weighted by atomic mass is 10.3. The van der Waals surface area contributed by atoms with Gasteiger partial charge in [-0.15, -0.1) is 0 Å². The Hall–Kier alpha value is -1.80. The number of rotatable bonds is 6. The van der Waals surface area contributed by atoms with E-state index in [-0.39, 0.29) is 25.5 Å². The number of sulfonamides is 1. The molecule has 1 aromatic carbocycles. The highest BCUT2D eigenvalue weighted by molar-refractivity contribution is 7.89. The molecule has 1 aliphatic heterocycles. The van der Waals surface area contributed by atoms with Crippen molar-refractivity contribution in [2.45, 2.75) is 11.7 Å². The molecule has 0 spiro atoms. The van der Waals surface area contributed by atoms with E-state index in [2.05, 4.69) is 0 Å². The number of carbonyl (C=O) groups excluding carboxylic acids is 1. The molecule has 1 saturated heterocycles. The first-order valence-electron chi connectivity index (χ1n) is 6.46. The van der Waals surface area contributed by atoms with E-state index in [4.69, 9.17) is 14.6 Å². The Bertz CT molecular complexity index is 599. The summed E-state index contributed by atoms with van der Waals surface area (Å²) in [5, 5.41) is 4.25. The Kier molecular flexibility index (Phi) is 4.69. The molecule has 21 heavy (non-hydrogen) atoms. The minimum Gasteiger partial charge on any atom is -0.497 e. The molecule has 1 aliphatic rings. The number of nitrogens with zero attached hydrogens (tertiary/aromatic N) is 1. The molecule has 8 heteroatoms. The number of hydrogen-bond acceptors (Lipinski definition) is 5. The van der Waals surface area contributed by atoms with Gasteiger partial charge in [0.1, 0.15) is 23.4 Å². The van der Waals surface area contributed by atoms with Gasteiger partial charge in [0.25, 0.3) is 0 Å². The van der Waals surface area contributed by atoms with Crippen LogP contribution >= 0.6 is 0 Å². The number of methoxy groups -OCH3 is 1. The molecule has 1 unspecified atom stereocenters. The average Bonchev–Trinajstić information content (AvgIpc) is 2.81. The first kappa shape index (κ1) is 15.6. The van der Waals surface area contributed by atoms with E-state index >= 15 is 0 Å². The van der Waals surface area contributed by atoms with Gasteiger partial charge in [-0.25, -0.2) is 13.6 Å². The Morgan fingerprint density at radius 1 is 1.29 bits per heavy atom.